The quantitative estimate of drug-likeness (QED) is 0.824. The summed E-state index contributed by atoms with van der Waals surface area (Å²) in [7, 11) is -2.90. The lowest BCUT2D eigenvalue weighted by atomic mass is 10.2. The van der Waals surface area contributed by atoms with Crippen molar-refractivity contribution in [2.24, 2.45) is 0 Å². The fraction of sp³-hybridized carbons (Fsp3) is 0.600. The number of rotatable bonds is 4. The lowest BCUT2D eigenvalue weighted by Crippen LogP contribution is -2.30. The molecule has 0 aromatic carbocycles. The van der Waals surface area contributed by atoms with E-state index < -0.39 is 15.8 Å². The van der Waals surface area contributed by atoms with Crippen molar-refractivity contribution in [3.05, 3.63) is 12.4 Å². The van der Waals surface area contributed by atoms with E-state index in [1.807, 2.05) is 0 Å². The molecule has 0 atom stereocenters. The summed E-state index contributed by atoms with van der Waals surface area (Å²) >= 11 is 0. The van der Waals surface area contributed by atoms with E-state index in [0.717, 1.165) is 0 Å². The summed E-state index contributed by atoms with van der Waals surface area (Å²) in [5.74, 6) is -0.226. The van der Waals surface area contributed by atoms with E-state index in [4.69, 9.17) is 9.84 Å². The van der Waals surface area contributed by atoms with Crippen LogP contribution in [0.3, 0.4) is 0 Å². The van der Waals surface area contributed by atoms with Crippen molar-refractivity contribution in [1.82, 2.24) is 9.78 Å². The van der Waals surface area contributed by atoms with Gasteiger partial charge in [0.25, 0.3) is 0 Å². The largest absolute Gasteiger partial charge is 0.487 e. The van der Waals surface area contributed by atoms with Gasteiger partial charge in [0.15, 0.2) is 15.6 Å². The van der Waals surface area contributed by atoms with Gasteiger partial charge in [-0.3, -0.25) is 9.48 Å². The molecule has 1 aromatic heterocycles. The number of sulfone groups is 1. The molecule has 0 unspecified atom stereocenters. The van der Waals surface area contributed by atoms with Crippen LogP contribution in [0.5, 0.6) is 5.75 Å². The van der Waals surface area contributed by atoms with Crippen molar-refractivity contribution in [3.63, 3.8) is 0 Å². The standard InChI is InChI=1S/C10H14N2O5S/c13-10(14)7-12-6-9(5-11-12)17-8-1-3-18(15,16)4-2-8/h5-6,8H,1-4,7H2,(H,13,14). The number of aromatic nitrogens is 2. The number of carboxylic acids is 1. The fourth-order valence-corrected chi connectivity index (χ4v) is 3.26. The van der Waals surface area contributed by atoms with Gasteiger partial charge in [-0.25, -0.2) is 8.42 Å². The molecule has 0 aliphatic carbocycles. The van der Waals surface area contributed by atoms with Crippen LogP contribution in [0.15, 0.2) is 12.4 Å². The highest BCUT2D eigenvalue weighted by Crippen LogP contribution is 2.19. The SMILES string of the molecule is O=C(O)Cn1cc(OC2CCS(=O)(=O)CC2)cn1. The van der Waals surface area contributed by atoms with Gasteiger partial charge in [0.05, 0.1) is 23.9 Å². The Morgan fingerprint density at radius 3 is 2.78 bits per heavy atom. The van der Waals surface area contributed by atoms with E-state index in [1.165, 1.54) is 17.1 Å². The van der Waals surface area contributed by atoms with Gasteiger partial charge in [-0.05, 0) is 12.8 Å². The van der Waals surface area contributed by atoms with E-state index in [2.05, 4.69) is 5.10 Å². The van der Waals surface area contributed by atoms with Crippen LogP contribution < -0.4 is 4.74 Å². The second kappa shape index (κ2) is 4.97. The van der Waals surface area contributed by atoms with E-state index in [9.17, 15) is 13.2 Å². The second-order valence-electron chi connectivity index (χ2n) is 4.24. The monoisotopic (exact) mass is 274 g/mol. The molecule has 0 spiro atoms. The minimum absolute atomic E-state index is 0.140. The Balaban J connectivity index is 1.90. The third-order valence-electron chi connectivity index (χ3n) is 2.71. The van der Waals surface area contributed by atoms with Gasteiger partial charge in [0.2, 0.25) is 0 Å². The minimum atomic E-state index is -2.90. The topological polar surface area (TPSA) is 98.5 Å². The molecule has 2 rings (SSSR count). The molecular formula is C10H14N2O5S. The number of nitrogens with zero attached hydrogens (tertiary/aromatic N) is 2. The Morgan fingerprint density at radius 2 is 2.17 bits per heavy atom. The first-order valence-electron chi connectivity index (χ1n) is 5.56. The predicted molar refractivity (Wildman–Crippen MR) is 62.2 cm³/mol. The van der Waals surface area contributed by atoms with Gasteiger partial charge < -0.3 is 9.84 Å². The van der Waals surface area contributed by atoms with Crippen LogP contribution in [-0.2, 0) is 21.2 Å². The molecule has 1 aromatic rings. The first-order valence-corrected chi connectivity index (χ1v) is 7.38. The number of hydrogen-bond donors (Lipinski definition) is 1. The first-order chi connectivity index (χ1) is 8.44. The zero-order valence-electron chi connectivity index (χ0n) is 9.65. The molecule has 0 bridgehead atoms. The van der Waals surface area contributed by atoms with Crippen molar-refractivity contribution in [2.75, 3.05) is 11.5 Å². The Hall–Kier alpha value is -1.57. The molecule has 8 heteroatoms. The van der Waals surface area contributed by atoms with Gasteiger partial charge in [-0.15, -0.1) is 0 Å². The molecular weight excluding hydrogens is 260 g/mol. The van der Waals surface area contributed by atoms with Crippen LogP contribution in [-0.4, -0.2) is 46.9 Å². The van der Waals surface area contributed by atoms with Crippen molar-refractivity contribution in [1.29, 1.82) is 0 Å². The lowest BCUT2D eigenvalue weighted by molar-refractivity contribution is -0.137. The number of ether oxygens (including phenoxy) is 1. The Kier molecular flexibility index (Phi) is 3.55. The van der Waals surface area contributed by atoms with Crippen LogP contribution in [0, 0.1) is 0 Å². The Morgan fingerprint density at radius 1 is 1.50 bits per heavy atom. The Labute approximate surface area is 104 Å². The van der Waals surface area contributed by atoms with Crippen molar-refractivity contribution in [3.8, 4) is 5.75 Å². The molecule has 1 fully saturated rings. The van der Waals surface area contributed by atoms with Crippen LogP contribution in [0.4, 0.5) is 0 Å². The molecule has 0 saturated carbocycles. The summed E-state index contributed by atoms with van der Waals surface area (Å²) in [5.41, 5.74) is 0. The maximum atomic E-state index is 11.2. The number of hydrogen-bond acceptors (Lipinski definition) is 5. The molecule has 1 saturated heterocycles. The maximum Gasteiger partial charge on any atom is 0.325 e. The zero-order chi connectivity index (χ0) is 13.2. The molecule has 1 aliphatic rings. The van der Waals surface area contributed by atoms with Gasteiger partial charge in [-0.1, -0.05) is 0 Å². The van der Waals surface area contributed by atoms with Crippen molar-refractivity contribution in [2.45, 2.75) is 25.5 Å². The third kappa shape index (κ3) is 3.46. The molecule has 2 heterocycles. The lowest BCUT2D eigenvalue weighted by Gasteiger charge is -2.22. The highest BCUT2D eigenvalue weighted by atomic mass is 32.2. The summed E-state index contributed by atoms with van der Waals surface area (Å²) in [6, 6.07) is 0. The molecule has 18 heavy (non-hydrogen) atoms. The zero-order valence-corrected chi connectivity index (χ0v) is 10.5. The molecule has 0 radical (unpaired) electrons. The summed E-state index contributed by atoms with van der Waals surface area (Å²) in [6.45, 7) is -0.220. The fourth-order valence-electron chi connectivity index (χ4n) is 1.81. The van der Waals surface area contributed by atoms with E-state index >= 15 is 0 Å². The normalized spacial score (nSPS) is 19.6. The molecule has 7 nitrogen and oxygen atoms in total. The molecule has 100 valence electrons. The minimum Gasteiger partial charge on any atom is -0.487 e. The highest BCUT2D eigenvalue weighted by Gasteiger charge is 2.25. The number of aliphatic carboxylic acids is 1. The van der Waals surface area contributed by atoms with Crippen LogP contribution >= 0.6 is 0 Å². The van der Waals surface area contributed by atoms with Crippen molar-refractivity contribution < 1.29 is 23.1 Å². The van der Waals surface area contributed by atoms with Crippen LogP contribution in [0.25, 0.3) is 0 Å². The summed E-state index contributed by atoms with van der Waals surface area (Å²) in [6.07, 6.45) is 3.72. The third-order valence-corrected chi connectivity index (χ3v) is 4.43. The average Bonchev–Trinajstić information content (AvgIpc) is 2.68. The number of carbonyl (C=O) groups is 1. The summed E-state index contributed by atoms with van der Waals surface area (Å²) in [5, 5.41) is 12.4. The number of carboxylic acid groups (broad SMARTS) is 1. The highest BCUT2D eigenvalue weighted by molar-refractivity contribution is 7.91. The van der Waals surface area contributed by atoms with Gasteiger partial charge >= 0.3 is 5.97 Å². The maximum absolute atomic E-state index is 11.2. The van der Waals surface area contributed by atoms with E-state index in [-0.39, 0.29) is 24.2 Å². The van der Waals surface area contributed by atoms with Crippen molar-refractivity contribution >= 4 is 15.8 Å². The van der Waals surface area contributed by atoms with E-state index in [1.54, 1.807) is 0 Å². The van der Waals surface area contributed by atoms with Gasteiger partial charge in [-0.2, -0.15) is 5.10 Å². The average molecular weight is 274 g/mol. The predicted octanol–water partition coefficient (Wildman–Crippen LogP) is -0.0763. The second-order valence-corrected chi connectivity index (χ2v) is 6.54. The van der Waals surface area contributed by atoms with E-state index in [0.29, 0.717) is 18.6 Å². The Bertz CT molecular complexity index is 522. The summed E-state index contributed by atoms with van der Waals surface area (Å²) < 4.78 is 29.3. The smallest absolute Gasteiger partial charge is 0.325 e. The molecule has 0 amide bonds. The van der Waals surface area contributed by atoms with Gasteiger partial charge in [0, 0.05) is 0 Å². The molecule has 1 N–H and O–H groups in total. The first kappa shape index (κ1) is 12.9. The summed E-state index contributed by atoms with van der Waals surface area (Å²) in [4.78, 5) is 10.5. The van der Waals surface area contributed by atoms with Crippen LogP contribution in [0.2, 0.25) is 0 Å². The van der Waals surface area contributed by atoms with Crippen LogP contribution in [0.1, 0.15) is 12.8 Å². The van der Waals surface area contributed by atoms with Gasteiger partial charge in [0.1, 0.15) is 12.6 Å². The molecule has 1 aliphatic heterocycles.